The van der Waals surface area contributed by atoms with Gasteiger partial charge in [-0.25, -0.2) is 0 Å². The van der Waals surface area contributed by atoms with Crippen molar-refractivity contribution >= 4 is 22.7 Å². The van der Waals surface area contributed by atoms with Crippen molar-refractivity contribution in [2.45, 2.75) is 66.3 Å². The molecule has 188 valence electrons. The molecule has 0 aliphatic heterocycles. The standard InChI is InChI=1S/C30H41N3O2/c1-7-28(34)33(19-22(2)3)21-29(35)32(20-23-12-14-25(15-13-23)30(4,5)6)17-16-24-18-31-27-11-9-8-10-26(24)27/h8-15,18,22,31H,7,16-17,19-21H2,1-6H3. The molecular formula is C30H41N3O2. The van der Waals surface area contributed by atoms with Crippen LogP contribution in [0.5, 0.6) is 0 Å². The van der Waals surface area contributed by atoms with Crippen molar-refractivity contribution in [3.63, 3.8) is 0 Å². The number of carbonyl (C=O) groups excluding carboxylic acids is 2. The molecule has 0 radical (unpaired) electrons. The zero-order valence-electron chi connectivity index (χ0n) is 22.2. The van der Waals surface area contributed by atoms with Crippen molar-refractivity contribution < 1.29 is 9.59 Å². The Hall–Kier alpha value is -3.08. The van der Waals surface area contributed by atoms with Crippen LogP contribution in [0.15, 0.2) is 54.7 Å². The number of hydrogen-bond acceptors (Lipinski definition) is 2. The van der Waals surface area contributed by atoms with E-state index in [2.05, 4.69) is 76.0 Å². The molecule has 2 amide bonds. The van der Waals surface area contributed by atoms with Gasteiger partial charge in [-0.1, -0.05) is 84.0 Å². The normalized spacial score (nSPS) is 11.7. The number of aromatic amines is 1. The average molecular weight is 476 g/mol. The van der Waals surface area contributed by atoms with Gasteiger partial charge in [-0.05, 0) is 40.5 Å². The monoisotopic (exact) mass is 475 g/mol. The summed E-state index contributed by atoms with van der Waals surface area (Å²) in [4.78, 5) is 33.0. The van der Waals surface area contributed by atoms with Crippen molar-refractivity contribution in [3.05, 3.63) is 71.4 Å². The molecule has 2 aromatic carbocycles. The topological polar surface area (TPSA) is 56.4 Å². The fourth-order valence-electron chi connectivity index (χ4n) is 4.40. The predicted molar refractivity (Wildman–Crippen MR) is 144 cm³/mol. The molecule has 1 N–H and O–H groups in total. The van der Waals surface area contributed by atoms with E-state index < -0.39 is 0 Å². The zero-order chi connectivity index (χ0) is 25.6. The van der Waals surface area contributed by atoms with Crippen LogP contribution >= 0.6 is 0 Å². The molecule has 0 bridgehead atoms. The van der Waals surface area contributed by atoms with Crippen LogP contribution in [-0.2, 0) is 28.0 Å². The summed E-state index contributed by atoms with van der Waals surface area (Å²) in [7, 11) is 0. The van der Waals surface area contributed by atoms with Crippen LogP contribution in [0.1, 0.15) is 64.7 Å². The number of carbonyl (C=O) groups is 2. The number of aromatic nitrogens is 1. The lowest BCUT2D eigenvalue weighted by molar-refractivity contribution is -0.141. The highest BCUT2D eigenvalue weighted by molar-refractivity contribution is 5.85. The van der Waals surface area contributed by atoms with E-state index in [0.29, 0.717) is 32.0 Å². The Morgan fingerprint density at radius 2 is 1.63 bits per heavy atom. The summed E-state index contributed by atoms with van der Waals surface area (Å²) in [6, 6.07) is 16.8. The van der Waals surface area contributed by atoms with Gasteiger partial charge in [0.15, 0.2) is 0 Å². The molecule has 3 rings (SSSR count). The van der Waals surface area contributed by atoms with Gasteiger partial charge in [0.2, 0.25) is 11.8 Å². The van der Waals surface area contributed by atoms with Crippen LogP contribution in [0, 0.1) is 5.92 Å². The predicted octanol–water partition coefficient (Wildman–Crippen LogP) is 5.93. The largest absolute Gasteiger partial charge is 0.361 e. The quantitative estimate of drug-likeness (QED) is 0.395. The lowest BCUT2D eigenvalue weighted by Gasteiger charge is -2.29. The molecule has 5 nitrogen and oxygen atoms in total. The summed E-state index contributed by atoms with van der Waals surface area (Å²) >= 11 is 0. The maximum Gasteiger partial charge on any atom is 0.242 e. The molecule has 0 unspecified atom stereocenters. The van der Waals surface area contributed by atoms with Crippen molar-refractivity contribution in [2.24, 2.45) is 5.92 Å². The Labute approximate surface area is 210 Å². The van der Waals surface area contributed by atoms with Crippen molar-refractivity contribution in [1.82, 2.24) is 14.8 Å². The van der Waals surface area contributed by atoms with Gasteiger partial charge >= 0.3 is 0 Å². The van der Waals surface area contributed by atoms with Crippen LogP contribution in [-0.4, -0.2) is 46.2 Å². The van der Waals surface area contributed by atoms with E-state index in [1.807, 2.05) is 30.2 Å². The summed E-state index contributed by atoms with van der Waals surface area (Å²) < 4.78 is 0. The first-order valence-electron chi connectivity index (χ1n) is 12.8. The molecule has 0 saturated heterocycles. The number of nitrogens with one attached hydrogen (secondary N) is 1. The van der Waals surface area contributed by atoms with Gasteiger partial charge in [0.1, 0.15) is 0 Å². The number of fused-ring (bicyclic) bond motifs is 1. The van der Waals surface area contributed by atoms with Gasteiger partial charge in [0.25, 0.3) is 0 Å². The van der Waals surface area contributed by atoms with Crippen molar-refractivity contribution in [1.29, 1.82) is 0 Å². The molecule has 0 saturated carbocycles. The van der Waals surface area contributed by atoms with Crippen LogP contribution in [0.2, 0.25) is 0 Å². The van der Waals surface area contributed by atoms with Gasteiger partial charge in [0, 0.05) is 43.2 Å². The summed E-state index contributed by atoms with van der Waals surface area (Å²) in [5, 5.41) is 1.19. The lowest BCUT2D eigenvalue weighted by atomic mass is 9.87. The van der Waals surface area contributed by atoms with Crippen molar-refractivity contribution in [2.75, 3.05) is 19.6 Å². The number of amides is 2. The minimum Gasteiger partial charge on any atom is -0.361 e. The fourth-order valence-corrected chi connectivity index (χ4v) is 4.40. The fraction of sp³-hybridized carbons (Fsp3) is 0.467. The summed E-state index contributed by atoms with van der Waals surface area (Å²) in [5.41, 5.74) is 4.76. The Bertz CT molecular complexity index is 1120. The number of benzene rings is 2. The first-order chi connectivity index (χ1) is 16.6. The molecule has 0 aliphatic rings. The van der Waals surface area contributed by atoms with E-state index in [0.717, 1.165) is 17.5 Å². The summed E-state index contributed by atoms with van der Waals surface area (Å²) in [6.45, 7) is 14.4. The third kappa shape index (κ3) is 7.20. The molecule has 0 fully saturated rings. The van der Waals surface area contributed by atoms with Gasteiger partial charge < -0.3 is 14.8 Å². The molecule has 0 aliphatic carbocycles. The Morgan fingerprint density at radius 3 is 2.26 bits per heavy atom. The van der Waals surface area contributed by atoms with E-state index in [4.69, 9.17) is 0 Å². The molecule has 3 aromatic rings. The van der Waals surface area contributed by atoms with Crippen LogP contribution in [0.3, 0.4) is 0 Å². The Balaban J connectivity index is 1.80. The number of rotatable bonds is 10. The van der Waals surface area contributed by atoms with E-state index in [1.54, 1.807) is 4.90 Å². The molecule has 0 spiro atoms. The van der Waals surface area contributed by atoms with Gasteiger partial charge in [-0.2, -0.15) is 0 Å². The molecule has 35 heavy (non-hydrogen) atoms. The number of nitrogens with zero attached hydrogens (tertiary/aromatic N) is 2. The van der Waals surface area contributed by atoms with Crippen LogP contribution in [0.4, 0.5) is 0 Å². The minimum atomic E-state index is -0.00723. The van der Waals surface area contributed by atoms with E-state index >= 15 is 0 Å². The maximum absolute atomic E-state index is 13.5. The first-order valence-corrected chi connectivity index (χ1v) is 12.8. The van der Waals surface area contributed by atoms with Gasteiger partial charge in [0.05, 0.1) is 6.54 Å². The molecule has 5 heteroatoms. The number of H-pyrrole nitrogens is 1. The average Bonchev–Trinajstić information content (AvgIpc) is 3.23. The first kappa shape index (κ1) is 26.5. The summed E-state index contributed by atoms with van der Waals surface area (Å²) in [5.74, 6) is 0.327. The van der Waals surface area contributed by atoms with Gasteiger partial charge in [-0.15, -0.1) is 0 Å². The van der Waals surface area contributed by atoms with Crippen LogP contribution < -0.4 is 0 Å². The molecule has 1 heterocycles. The lowest BCUT2D eigenvalue weighted by Crippen LogP contribution is -2.44. The van der Waals surface area contributed by atoms with Crippen LogP contribution in [0.25, 0.3) is 10.9 Å². The highest BCUT2D eigenvalue weighted by atomic mass is 16.2. The number of hydrogen-bond donors (Lipinski definition) is 1. The van der Waals surface area contributed by atoms with E-state index in [9.17, 15) is 9.59 Å². The van der Waals surface area contributed by atoms with E-state index in [1.165, 1.54) is 16.5 Å². The Morgan fingerprint density at radius 1 is 0.943 bits per heavy atom. The van der Waals surface area contributed by atoms with Crippen molar-refractivity contribution in [3.8, 4) is 0 Å². The molecule has 0 atom stereocenters. The maximum atomic E-state index is 13.5. The highest BCUT2D eigenvalue weighted by Gasteiger charge is 2.22. The number of para-hydroxylation sites is 1. The smallest absolute Gasteiger partial charge is 0.242 e. The van der Waals surface area contributed by atoms with E-state index in [-0.39, 0.29) is 23.8 Å². The van der Waals surface area contributed by atoms with Gasteiger partial charge in [-0.3, -0.25) is 9.59 Å². The Kier molecular flexibility index (Phi) is 8.76. The summed E-state index contributed by atoms with van der Waals surface area (Å²) in [6.07, 6.45) is 3.20. The second-order valence-electron chi connectivity index (χ2n) is 10.9. The molecular weight excluding hydrogens is 434 g/mol. The third-order valence-corrected chi connectivity index (χ3v) is 6.44. The second kappa shape index (κ2) is 11.6. The SMILES string of the molecule is CCC(=O)N(CC(=O)N(CCc1c[nH]c2ccccc12)Cc1ccc(C(C)(C)C)cc1)CC(C)C. The zero-order valence-corrected chi connectivity index (χ0v) is 22.2. The third-order valence-electron chi connectivity index (χ3n) is 6.44. The second-order valence-corrected chi connectivity index (χ2v) is 10.9. The molecule has 1 aromatic heterocycles. The highest BCUT2D eigenvalue weighted by Crippen LogP contribution is 2.23. The minimum absolute atomic E-state index is 0.00723.